The molecule has 0 amide bonds. The molecule has 17 heavy (non-hydrogen) atoms. The molecule has 0 spiro atoms. The van der Waals surface area contributed by atoms with Crippen molar-refractivity contribution in [3.05, 3.63) is 55.4 Å². The molecule has 0 bridgehead atoms. The van der Waals surface area contributed by atoms with Crippen LogP contribution in [-0.2, 0) is 0 Å². The van der Waals surface area contributed by atoms with E-state index in [9.17, 15) is 8.78 Å². The highest BCUT2D eigenvalue weighted by Crippen LogP contribution is 2.37. The van der Waals surface area contributed by atoms with Crippen molar-refractivity contribution in [1.82, 2.24) is 0 Å². The largest absolute Gasteiger partial charge is 0.203 e. The quantitative estimate of drug-likeness (QED) is 0.405. The first-order chi connectivity index (χ1) is 8.02. The number of halogens is 5. The summed E-state index contributed by atoms with van der Waals surface area (Å²) in [6.45, 7) is 0. The molecule has 0 N–H and O–H groups in total. The Bertz CT molecular complexity index is 582. The van der Waals surface area contributed by atoms with Crippen LogP contribution in [-0.4, -0.2) is 0 Å². The average Bonchev–Trinajstić information content (AvgIpc) is 2.32. The molecule has 0 saturated heterocycles. The van der Waals surface area contributed by atoms with Crippen molar-refractivity contribution in [1.29, 1.82) is 0 Å². The van der Waals surface area contributed by atoms with Crippen LogP contribution in [0.25, 0.3) is 11.1 Å². The predicted molar refractivity (Wildman–Crippen MR) is 73.7 cm³/mol. The van der Waals surface area contributed by atoms with Crippen LogP contribution in [0.2, 0.25) is 0 Å². The molecule has 2 aromatic carbocycles. The Balaban J connectivity index is 2.73. The maximum Gasteiger partial charge on any atom is 0.174 e. The van der Waals surface area contributed by atoms with Gasteiger partial charge in [-0.3, -0.25) is 0 Å². The summed E-state index contributed by atoms with van der Waals surface area (Å²) >= 11 is 9.41. The maximum atomic E-state index is 13.8. The van der Waals surface area contributed by atoms with Gasteiger partial charge in [-0.15, -0.1) is 0 Å². The van der Waals surface area contributed by atoms with E-state index >= 15 is 0 Å². The van der Waals surface area contributed by atoms with Crippen molar-refractivity contribution in [3.8, 4) is 11.1 Å². The van der Waals surface area contributed by atoms with E-state index in [0.29, 0.717) is 14.5 Å². The Labute approximate surface area is 122 Å². The molecular weight excluding hydrogens is 422 g/mol. The molecule has 0 atom stereocenters. The maximum absolute atomic E-state index is 13.8. The number of rotatable bonds is 1. The van der Waals surface area contributed by atoms with Gasteiger partial charge in [0.1, 0.15) is 0 Å². The topological polar surface area (TPSA) is 0 Å². The van der Waals surface area contributed by atoms with Gasteiger partial charge in [-0.1, -0.05) is 18.2 Å². The Kier molecular flexibility index (Phi) is 4.00. The summed E-state index contributed by atoms with van der Waals surface area (Å²) in [5.41, 5.74) is 0.735. The Morgan fingerprint density at radius 3 is 2.35 bits per heavy atom. The molecule has 0 aliphatic rings. The first kappa shape index (κ1) is 13.2. The van der Waals surface area contributed by atoms with Gasteiger partial charge in [0, 0.05) is 14.5 Å². The summed E-state index contributed by atoms with van der Waals surface area (Å²) in [5, 5.41) is 0. The van der Waals surface area contributed by atoms with Gasteiger partial charge in [0.05, 0.1) is 4.47 Å². The fourth-order valence-electron chi connectivity index (χ4n) is 1.39. The van der Waals surface area contributed by atoms with Gasteiger partial charge in [0.15, 0.2) is 11.6 Å². The molecule has 0 aliphatic heterocycles. The smallest absolute Gasteiger partial charge is 0.174 e. The van der Waals surface area contributed by atoms with Crippen LogP contribution in [0.3, 0.4) is 0 Å². The minimum atomic E-state index is -0.912. The van der Waals surface area contributed by atoms with Crippen LogP contribution >= 0.6 is 47.8 Å². The van der Waals surface area contributed by atoms with Crippen molar-refractivity contribution in [2.75, 3.05) is 0 Å². The average molecular weight is 426 g/mol. The van der Waals surface area contributed by atoms with E-state index in [1.54, 1.807) is 18.2 Å². The van der Waals surface area contributed by atoms with E-state index in [2.05, 4.69) is 53.9 Å². The lowest BCUT2D eigenvalue weighted by atomic mass is 10.1. The van der Waals surface area contributed by atoms with Crippen molar-refractivity contribution in [2.45, 2.75) is 0 Å². The summed E-state index contributed by atoms with van der Waals surface area (Å²) in [4.78, 5) is 0. The molecule has 5 heteroatoms. The fourth-order valence-corrected chi connectivity index (χ4v) is 2.56. The molecule has 2 aromatic rings. The minimum Gasteiger partial charge on any atom is -0.203 e. The summed E-state index contributed by atoms with van der Waals surface area (Å²) in [5.74, 6) is -1.80. The third-order valence-electron chi connectivity index (χ3n) is 2.20. The van der Waals surface area contributed by atoms with Gasteiger partial charge in [0.25, 0.3) is 0 Å². The highest BCUT2D eigenvalue weighted by atomic mass is 79.9. The summed E-state index contributed by atoms with van der Waals surface area (Å²) in [6.07, 6.45) is 0. The molecule has 0 fully saturated rings. The highest BCUT2D eigenvalue weighted by Gasteiger charge is 2.17. The Morgan fingerprint density at radius 1 is 1.00 bits per heavy atom. The third kappa shape index (κ3) is 2.46. The summed E-state index contributed by atoms with van der Waals surface area (Å²) < 4.78 is 28.6. The van der Waals surface area contributed by atoms with E-state index in [1.807, 2.05) is 0 Å². The third-order valence-corrected chi connectivity index (χ3v) is 4.79. The normalized spacial score (nSPS) is 10.6. The number of hydrogen-bond acceptors (Lipinski definition) is 0. The molecule has 0 heterocycles. The second kappa shape index (κ2) is 5.16. The van der Waals surface area contributed by atoms with Gasteiger partial charge < -0.3 is 0 Å². The van der Waals surface area contributed by atoms with E-state index in [-0.39, 0.29) is 10.0 Å². The second-order valence-corrected chi connectivity index (χ2v) is 5.69. The highest BCUT2D eigenvalue weighted by molar-refractivity contribution is 9.13. The Morgan fingerprint density at radius 2 is 1.71 bits per heavy atom. The van der Waals surface area contributed by atoms with Crippen LogP contribution < -0.4 is 0 Å². The molecule has 2 rings (SSSR count). The van der Waals surface area contributed by atoms with Gasteiger partial charge in [0.2, 0.25) is 0 Å². The SMILES string of the molecule is Fc1c(-c2ccc[c]c2Br)cc(Br)c(Br)c1F. The van der Waals surface area contributed by atoms with E-state index in [1.165, 1.54) is 6.07 Å². The van der Waals surface area contributed by atoms with Gasteiger partial charge >= 0.3 is 0 Å². The van der Waals surface area contributed by atoms with Crippen LogP contribution in [0, 0.1) is 17.7 Å². The van der Waals surface area contributed by atoms with E-state index in [4.69, 9.17) is 0 Å². The van der Waals surface area contributed by atoms with Crippen LogP contribution in [0.4, 0.5) is 8.78 Å². The zero-order valence-corrected chi connectivity index (χ0v) is 13.0. The second-order valence-electron chi connectivity index (χ2n) is 3.25. The van der Waals surface area contributed by atoms with Gasteiger partial charge in [-0.05, 0) is 65.5 Å². The van der Waals surface area contributed by atoms with Crippen molar-refractivity contribution in [3.63, 3.8) is 0 Å². The Hall–Kier alpha value is -0.260. The summed E-state index contributed by atoms with van der Waals surface area (Å²) in [6, 6.07) is 9.50. The fraction of sp³-hybridized carbons (Fsp3) is 0. The van der Waals surface area contributed by atoms with Crippen molar-refractivity contribution < 1.29 is 8.78 Å². The molecule has 0 unspecified atom stereocenters. The molecule has 1 radical (unpaired) electrons. The first-order valence-electron chi connectivity index (χ1n) is 4.52. The van der Waals surface area contributed by atoms with Crippen LogP contribution in [0.15, 0.2) is 37.7 Å². The molecular formula is C12H4Br3F2. The van der Waals surface area contributed by atoms with E-state index in [0.717, 1.165) is 0 Å². The summed E-state index contributed by atoms with van der Waals surface area (Å²) in [7, 11) is 0. The lowest BCUT2D eigenvalue weighted by Gasteiger charge is -2.09. The lowest BCUT2D eigenvalue weighted by Crippen LogP contribution is -1.93. The zero-order valence-electron chi connectivity index (χ0n) is 8.20. The molecule has 87 valence electrons. The molecule has 0 aromatic heterocycles. The van der Waals surface area contributed by atoms with Crippen LogP contribution in [0.5, 0.6) is 0 Å². The first-order valence-corrected chi connectivity index (χ1v) is 6.90. The monoisotopic (exact) mass is 423 g/mol. The van der Waals surface area contributed by atoms with Gasteiger partial charge in [-0.25, -0.2) is 8.78 Å². The van der Waals surface area contributed by atoms with Gasteiger partial charge in [-0.2, -0.15) is 0 Å². The molecule has 0 nitrogen and oxygen atoms in total. The minimum absolute atomic E-state index is 0.0785. The van der Waals surface area contributed by atoms with Crippen molar-refractivity contribution >= 4 is 47.8 Å². The number of benzene rings is 2. The zero-order chi connectivity index (χ0) is 12.6. The molecule has 0 saturated carbocycles. The van der Waals surface area contributed by atoms with E-state index < -0.39 is 11.6 Å². The standard InChI is InChI=1S/C12H4Br3F2/c13-8-4-2-1-3-6(8)7-5-9(14)10(15)12(17)11(7)16/h1-3,5H. The molecule has 0 aliphatic carbocycles. The number of hydrogen-bond donors (Lipinski definition) is 0. The lowest BCUT2D eigenvalue weighted by molar-refractivity contribution is 0.506. The predicted octanol–water partition coefficient (Wildman–Crippen LogP) is 5.72. The van der Waals surface area contributed by atoms with Crippen molar-refractivity contribution in [2.24, 2.45) is 0 Å². The van der Waals surface area contributed by atoms with Crippen LogP contribution in [0.1, 0.15) is 0 Å².